The van der Waals surface area contributed by atoms with Gasteiger partial charge in [-0.05, 0) is 98.7 Å². The van der Waals surface area contributed by atoms with Crippen LogP contribution in [-0.4, -0.2) is 69.9 Å². The van der Waals surface area contributed by atoms with Crippen LogP contribution in [-0.2, 0) is 31.3 Å². The first-order valence-electron chi connectivity index (χ1n) is 15.3. The maximum Gasteiger partial charge on any atom is 0.335 e. The van der Waals surface area contributed by atoms with Gasteiger partial charge in [-0.3, -0.25) is 0 Å². The number of aromatic carboxylic acids is 1. The van der Waals surface area contributed by atoms with Crippen LogP contribution in [0.1, 0.15) is 66.9 Å². The molecule has 2 aromatic carbocycles. The topological polar surface area (TPSA) is 128 Å². The molecule has 2 heterocycles. The number of sulfonamides is 1. The molecule has 0 radical (unpaired) electrons. The number of hydrogen-bond donors (Lipinski definition) is 2. The average molecular weight is 633 g/mol. The summed E-state index contributed by atoms with van der Waals surface area (Å²) in [6.07, 6.45) is 6.49. The molecule has 234 valence electrons. The Bertz CT molecular complexity index is 1470. The van der Waals surface area contributed by atoms with Gasteiger partial charge in [0, 0.05) is 29.9 Å². The van der Waals surface area contributed by atoms with Gasteiger partial charge in [0.05, 0.1) is 48.5 Å². The number of nitrogens with two attached hydrogens (primary N) is 1. The molecule has 2 aliphatic carbocycles. The summed E-state index contributed by atoms with van der Waals surface area (Å²) in [5.41, 5.74) is 3.37. The van der Waals surface area contributed by atoms with Crippen LogP contribution < -0.4 is 14.8 Å². The second-order valence-corrected chi connectivity index (χ2v) is 15.1. The van der Waals surface area contributed by atoms with Gasteiger partial charge in [-0.15, -0.1) is 0 Å². The number of fused-ring (bicyclic) bond motifs is 3. The second-order valence-electron chi connectivity index (χ2n) is 12.9. The molecule has 2 aliphatic heterocycles. The van der Waals surface area contributed by atoms with Gasteiger partial charge in [-0.25, -0.2) is 18.4 Å². The van der Waals surface area contributed by atoms with Crippen LogP contribution in [0.4, 0.5) is 5.69 Å². The van der Waals surface area contributed by atoms with E-state index in [1.54, 1.807) is 18.2 Å². The molecule has 1 spiro atoms. The van der Waals surface area contributed by atoms with Crippen LogP contribution in [0.2, 0.25) is 5.02 Å². The van der Waals surface area contributed by atoms with Crippen molar-refractivity contribution in [2.75, 3.05) is 37.0 Å². The van der Waals surface area contributed by atoms with Crippen molar-refractivity contribution in [1.29, 1.82) is 0 Å². The fourth-order valence-corrected chi connectivity index (χ4v) is 8.24. The van der Waals surface area contributed by atoms with Crippen molar-refractivity contribution in [1.82, 2.24) is 0 Å². The molecule has 0 bridgehead atoms. The highest BCUT2D eigenvalue weighted by Gasteiger charge is 2.46. The Morgan fingerprint density at radius 3 is 2.79 bits per heavy atom. The summed E-state index contributed by atoms with van der Waals surface area (Å²) >= 11 is 6.39. The molecule has 0 aromatic heterocycles. The summed E-state index contributed by atoms with van der Waals surface area (Å²) < 4.78 is 41.7. The van der Waals surface area contributed by atoms with E-state index in [-0.39, 0.29) is 41.7 Å². The summed E-state index contributed by atoms with van der Waals surface area (Å²) in [4.78, 5) is 14.3. The Kier molecular flexibility index (Phi) is 8.69. The maximum atomic E-state index is 12.0. The summed E-state index contributed by atoms with van der Waals surface area (Å²) in [5.74, 6) is 0.242. The minimum absolute atomic E-state index is 0.0127. The Labute approximate surface area is 258 Å². The number of anilines is 1. The van der Waals surface area contributed by atoms with Crippen LogP contribution in [0, 0.1) is 11.8 Å². The third kappa shape index (κ3) is 6.68. The van der Waals surface area contributed by atoms with Gasteiger partial charge in [-0.1, -0.05) is 17.7 Å². The maximum absolute atomic E-state index is 12.0. The SMILES string of the molecule is C[C@@H]1C[C@@H](OCCS(N)(=O)=O)C[C@@H]([C@@H]2CC[C@H]2CN2C[C@@]3(CCCc4cc(Cl)ccc43)COc3ccc(C(=O)O)cc32)O1. The number of carboxylic acids is 1. The van der Waals surface area contributed by atoms with Crippen molar-refractivity contribution in [2.45, 2.75) is 75.6 Å². The highest BCUT2D eigenvalue weighted by Crippen LogP contribution is 2.47. The first-order valence-corrected chi connectivity index (χ1v) is 17.4. The standard InChI is InChI=1S/C32H41ClN2O7S/c1-20-13-25(40-11-12-43(34,38)39)16-30(42-20)26-7-4-23(26)17-35-18-32(10-2-3-21-14-24(33)6-8-27(21)32)19-41-29-9-5-22(31(36)37)15-28(29)35/h5-6,8-9,14-15,20,23,25-26,30H,2-4,7,10-13,16-19H2,1H3,(H,36,37)(H2,34,38,39)/t20-,23+,25-,26-,30+,32+/m1/s1. The van der Waals surface area contributed by atoms with Gasteiger partial charge in [-0.2, -0.15) is 0 Å². The lowest BCUT2D eigenvalue weighted by Gasteiger charge is -2.48. The lowest BCUT2D eigenvalue weighted by molar-refractivity contribution is -0.146. The van der Waals surface area contributed by atoms with Gasteiger partial charge in [0.2, 0.25) is 10.0 Å². The highest BCUT2D eigenvalue weighted by atomic mass is 35.5. The van der Waals surface area contributed by atoms with Gasteiger partial charge < -0.3 is 24.2 Å². The minimum atomic E-state index is -3.57. The molecule has 0 amide bonds. The van der Waals surface area contributed by atoms with Crippen LogP contribution in [0.5, 0.6) is 5.75 Å². The van der Waals surface area contributed by atoms with Crippen LogP contribution in [0.3, 0.4) is 0 Å². The number of ether oxygens (including phenoxy) is 3. The zero-order valence-corrected chi connectivity index (χ0v) is 26.1. The van der Waals surface area contributed by atoms with E-state index in [4.69, 9.17) is 31.0 Å². The van der Waals surface area contributed by atoms with Gasteiger partial charge in [0.15, 0.2) is 0 Å². The minimum Gasteiger partial charge on any atom is -0.490 e. The van der Waals surface area contributed by atoms with E-state index in [2.05, 4.69) is 17.0 Å². The molecule has 6 atom stereocenters. The summed E-state index contributed by atoms with van der Waals surface area (Å²) in [5, 5.41) is 15.7. The third-order valence-electron chi connectivity index (χ3n) is 9.91. The Morgan fingerprint density at radius 1 is 1.21 bits per heavy atom. The monoisotopic (exact) mass is 632 g/mol. The zero-order chi connectivity index (χ0) is 30.4. The number of benzene rings is 2. The van der Waals surface area contributed by atoms with E-state index in [1.807, 2.05) is 13.0 Å². The van der Waals surface area contributed by atoms with Crippen molar-refractivity contribution in [3.8, 4) is 5.75 Å². The van der Waals surface area contributed by atoms with Crippen molar-refractivity contribution in [3.63, 3.8) is 0 Å². The second kappa shape index (κ2) is 12.2. The molecule has 0 unspecified atom stereocenters. The normalized spacial score (nSPS) is 30.5. The lowest BCUT2D eigenvalue weighted by Crippen LogP contribution is -2.51. The summed E-state index contributed by atoms with van der Waals surface area (Å²) in [6, 6.07) is 11.4. The first kappa shape index (κ1) is 30.6. The summed E-state index contributed by atoms with van der Waals surface area (Å²) in [7, 11) is -3.57. The van der Waals surface area contributed by atoms with Crippen LogP contribution in [0.15, 0.2) is 36.4 Å². The number of aryl methyl sites for hydroxylation is 1. The molecule has 3 N–H and O–H groups in total. The van der Waals surface area contributed by atoms with Crippen LogP contribution >= 0.6 is 11.6 Å². The molecule has 11 heteroatoms. The third-order valence-corrected chi connectivity index (χ3v) is 10.9. The number of carbonyl (C=O) groups is 1. The number of carboxylic acid groups (broad SMARTS) is 1. The number of rotatable bonds is 8. The Hall–Kier alpha value is -2.37. The van der Waals surface area contributed by atoms with E-state index in [1.165, 1.54) is 11.1 Å². The molecule has 1 saturated heterocycles. The molecule has 4 aliphatic rings. The van der Waals surface area contributed by atoms with E-state index in [9.17, 15) is 18.3 Å². The molecule has 43 heavy (non-hydrogen) atoms. The van der Waals surface area contributed by atoms with Crippen molar-refractivity contribution >= 4 is 33.3 Å². The quantitative estimate of drug-likeness (QED) is 0.426. The van der Waals surface area contributed by atoms with E-state index < -0.39 is 16.0 Å². The molecular formula is C32H41ClN2O7S. The van der Waals surface area contributed by atoms with E-state index in [0.717, 1.165) is 68.7 Å². The average Bonchev–Trinajstić information content (AvgIpc) is 3.07. The zero-order valence-electron chi connectivity index (χ0n) is 24.5. The predicted molar refractivity (Wildman–Crippen MR) is 165 cm³/mol. The molecule has 6 rings (SSSR count). The molecule has 2 aromatic rings. The summed E-state index contributed by atoms with van der Waals surface area (Å²) in [6.45, 7) is 4.14. The molecule has 2 fully saturated rings. The largest absolute Gasteiger partial charge is 0.490 e. The van der Waals surface area contributed by atoms with Gasteiger partial charge >= 0.3 is 5.97 Å². The Morgan fingerprint density at radius 2 is 2.05 bits per heavy atom. The lowest BCUT2D eigenvalue weighted by atomic mass is 9.67. The number of nitrogens with zero attached hydrogens (tertiary/aromatic N) is 1. The van der Waals surface area contributed by atoms with E-state index >= 15 is 0 Å². The predicted octanol–water partition coefficient (Wildman–Crippen LogP) is 4.78. The van der Waals surface area contributed by atoms with E-state index in [0.29, 0.717) is 24.2 Å². The number of hydrogen-bond acceptors (Lipinski definition) is 7. The smallest absolute Gasteiger partial charge is 0.335 e. The van der Waals surface area contributed by atoms with Gasteiger partial charge in [0.1, 0.15) is 5.75 Å². The fraction of sp³-hybridized carbons (Fsp3) is 0.594. The molecule has 1 saturated carbocycles. The van der Waals surface area contributed by atoms with Crippen LogP contribution in [0.25, 0.3) is 0 Å². The molecular weight excluding hydrogens is 592 g/mol. The van der Waals surface area contributed by atoms with Crippen molar-refractivity contribution < 1.29 is 32.5 Å². The Balaban J connectivity index is 1.25. The number of halogens is 1. The van der Waals surface area contributed by atoms with Gasteiger partial charge in [0.25, 0.3) is 0 Å². The fourth-order valence-electron chi connectivity index (χ4n) is 7.72. The molecule has 9 nitrogen and oxygen atoms in total. The van der Waals surface area contributed by atoms with Crippen molar-refractivity contribution in [3.05, 3.63) is 58.1 Å². The first-order chi connectivity index (χ1) is 20.5. The number of primary sulfonamides is 1. The van der Waals surface area contributed by atoms with Crippen molar-refractivity contribution in [2.24, 2.45) is 17.0 Å². The highest BCUT2D eigenvalue weighted by molar-refractivity contribution is 7.89.